The van der Waals surface area contributed by atoms with E-state index in [1.54, 1.807) is 18.5 Å². The molecule has 0 aromatic carbocycles. The molecule has 11 heteroatoms. The molecular formula is C27H31ClFN7O2. The number of nitrogens with one attached hydrogen (secondary N) is 1. The van der Waals surface area contributed by atoms with E-state index in [1.807, 2.05) is 11.5 Å². The topological polar surface area (TPSA) is 115 Å². The molecule has 4 aromatic heterocycles. The van der Waals surface area contributed by atoms with Crippen molar-refractivity contribution in [2.24, 2.45) is 17.8 Å². The van der Waals surface area contributed by atoms with Crippen LogP contribution < -0.4 is 5.76 Å². The van der Waals surface area contributed by atoms with Gasteiger partial charge >= 0.3 is 5.76 Å². The van der Waals surface area contributed by atoms with Crippen molar-refractivity contribution >= 4 is 22.8 Å². The zero-order valence-corrected chi connectivity index (χ0v) is 22.3. The summed E-state index contributed by atoms with van der Waals surface area (Å²) in [6.07, 6.45) is 10.7. The van der Waals surface area contributed by atoms with E-state index in [-0.39, 0.29) is 17.6 Å². The summed E-state index contributed by atoms with van der Waals surface area (Å²) < 4.78 is 24.2. The number of aromatic nitrogens is 7. The van der Waals surface area contributed by atoms with Crippen LogP contribution in [-0.2, 0) is 12.2 Å². The Morgan fingerprint density at radius 2 is 1.95 bits per heavy atom. The van der Waals surface area contributed by atoms with Crippen LogP contribution in [-0.4, -0.2) is 34.7 Å². The third-order valence-corrected chi connectivity index (χ3v) is 8.57. The predicted octanol–water partition coefficient (Wildman–Crippen LogP) is 6.09. The first-order valence-electron chi connectivity index (χ1n) is 13.5. The number of halogens is 2. The molecule has 2 saturated carbocycles. The van der Waals surface area contributed by atoms with Crippen molar-refractivity contribution in [3.63, 3.8) is 0 Å². The highest BCUT2D eigenvalue weighted by Gasteiger charge is 2.45. The maximum Gasteiger partial charge on any atom is 0.434 e. The summed E-state index contributed by atoms with van der Waals surface area (Å²) in [5.74, 6) is 0.643. The van der Waals surface area contributed by atoms with Crippen LogP contribution in [0.3, 0.4) is 0 Å². The average Bonchev–Trinajstić information content (AvgIpc) is 3.51. The van der Waals surface area contributed by atoms with Crippen LogP contribution in [0.2, 0.25) is 5.02 Å². The van der Waals surface area contributed by atoms with E-state index in [2.05, 4.69) is 27.1 Å². The molecule has 0 radical (unpaired) electrons. The van der Waals surface area contributed by atoms with E-state index >= 15 is 4.39 Å². The lowest BCUT2D eigenvalue weighted by atomic mass is 9.77. The molecule has 2 atom stereocenters. The summed E-state index contributed by atoms with van der Waals surface area (Å²) in [5, 5.41) is 6.60. The van der Waals surface area contributed by atoms with Crippen LogP contribution in [0.4, 0.5) is 4.39 Å². The van der Waals surface area contributed by atoms with E-state index in [9.17, 15) is 4.79 Å². The zero-order chi connectivity index (χ0) is 26.4. The smallest absolute Gasteiger partial charge is 0.384 e. The fraction of sp³-hybridized carbons (Fsp3) is 0.556. The Bertz CT molecular complexity index is 1520. The number of imidazole rings is 1. The van der Waals surface area contributed by atoms with Crippen LogP contribution in [0.25, 0.3) is 34.1 Å². The van der Waals surface area contributed by atoms with Gasteiger partial charge in [-0.05, 0) is 55.9 Å². The Morgan fingerprint density at radius 3 is 2.66 bits per heavy atom. The normalized spacial score (nSPS) is 26.2. The van der Waals surface area contributed by atoms with E-state index in [1.165, 1.54) is 0 Å². The van der Waals surface area contributed by atoms with Crippen molar-refractivity contribution in [2.75, 3.05) is 0 Å². The molecule has 0 amide bonds. The van der Waals surface area contributed by atoms with Gasteiger partial charge < -0.3 is 8.98 Å². The molecule has 4 aromatic rings. The molecule has 0 spiro atoms. The molecule has 0 aliphatic heterocycles. The van der Waals surface area contributed by atoms with Crippen LogP contribution in [0.5, 0.6) is 0 Å². The van der Waals surface area contributed by atoms with Crippen molar-refractivity contribution in [1.82, 2.24) is 34.7 Å². The minimum atomic E-state index is -1.58. The first-order chi connectivity index (χ1) is 18.3. The van der Waals surface area contributed by atoms with Gasteiger partial charge in [0.1, 0.15) is 17.0 Å². The molecule has 2 aliphatic carbocycles. The van der Waals surface area contributed by atoms with Crippen LogP contribution in [0, 0.1) is 17.8 Å². The van der Waals surface area contributed by atoms with Gasteiger partial charge in [0.15, 0.2) is 11.3 Å². The quantitative estimate of drug-likeness (QED) is 0.326. The number of nitrogens with zero attached hydrogens (tertiary/aromatic N) is 6. The lowest BCUT2D eigenvalue weighted by molar-refractivity contribution is 0.0312. The third kappa shape index (κ3) is 4.52. The van der Waals surface area contributed by atoms with Crippen molar-refractivity contribution < 1.29 is 8.81 Å². The average molecular weight is 540 g/mol. The highest BCUT2D eigenvalue weighted by Crippen LogP contribution is 2.46. The van der Waals surface area contributed by atoms with Crippen molar-refractivity contribution in [3.05, 3.63) is 39.9 Å². The molecule has 38 heavy (non-hydrogen) atoms. The van der Waals surface area contributed by atoms with Gasteiger partial charge in [-0.25, -0.2) is 29.2 Å². The van der Waals surface area contributed by atoms with Gasteiger partial charge in [-0.1, -0.05) is 44.7 Å². The number of pyridine rings is 1. The number of H-pyrrole nitrogens is 1. The summed E-state index contributed by atoms with van der Waals surface area (Å²) in [6.45, 7) is 4.90. The SMILES string of the molecule is CC1CCCCC1(F)c1nc2nc(-c3n[nH]c(=O)o3)nc(-c3cncc(Cl)c3)c2n1C[C@H]1CC[C@H](C)CC1. The van der Waals surface area contributed by atoms with Gasteiger partial charge in [0, 0.05) is 24.5 Å². The van der Waals surface area contributed by atoms with Crippen LogP contribution in [0.15, 0.2) is 27.7 Å². The van der Waals surface area contributed by atoms with Gasteiger partial charge in [0.05, 0.1) is 5.02 Å². The van der Waals surface area contributed by atoms with Crippen molar-refractivity contribution in [3.8, 4) is 23.0 Å². The molecule has 6 rings (SSSR count). The van der Waals surface area contributed by atoms with E-state index in [0.717, 1.165) is 44.9 Å². The summed E-state index contributed by atoms with van der Waals surface area (Å²) in [4.78, 5) is 30.2. The second kappa shape index (κ2) is 9.87. The molecule has 4 heterocycles. The number of hydrogen-bond acceptors (Lipinski definition) is 7. The monoisotopic (exact) mass is 539 g/mol. The minimum Gasteiger partial charge on any atom is -0.384 e. The Kier molecular flexibility index (Phi) is 6.53. The summed E-state index contributed by atoms with van der Waals surface area (Å²) in [6, 6.07) is 1.76. The molecule has 0 bridgehead atoms. The first-order valence-corrected chi connectivity index (χ1v) is 13.8. The van der Waals surface area contributed by atoms with Gasteiger partial charge in [-0.3, -0.25) is 4.98 Å². The largest absolute Gasteiger partial charge is 0.434 e. The standard InChI is InChI=1S/C27H31ClFN7O2/c1-15-6-8-17(9-7-15)14-36-21-20(18-11-19(28)13-30-12-18)31-23(24-34-35-26(37)38-24)32-22(21)33-25(36)27(29)10-4-3-5-16(27)2/h11-13,15-17H,3-10,14H2,1-2H3,(H,35,37)/t15-,16?,17-,27?. The lowest BCUT2D eigenvalue weighted by Crippen LogP contribution is -2.36. The highest BCUT2D eigenvalue weighted by atomic mass is 35.5. The zero-order valence-electron chi connectivity index (χ0n) is 21.6. The predicted molar refractivity (Wildman–Crippen MR) is 141 cm³/mol. The molecule has 200 valence electrons. The Labute approximate surface area is 224 Å². The van der Waals surface area contributed by atoms with Gasteiger partial charge in [-0.2, -0.15) is 0 Å². The molecule has 0 saturated heterocycles. The summed E-state index contributed by atoms with van der Waals surface area (Å²) in [7, 11) is 0. The van der Waals surface area contributed by atoms with Crippen LogP contribution >= 0.6 is 11.6 Å². The fourth-order valence-corrected chi connectivity index (χ4v) is 6.28. The molecule has 2 fully saturated rings. The number of fused-ring (bicyclic) bond motifs is 1. The van der Waals surface area contributed by atoms with E-state index in [4.69, 9.17) is 26.0 Å². The molecular weight excluding hydrogens is 509 g/mol. The van der Waals surface area contributed by atoms with Crippen molar-refractivity contribution in [2.45, 2.75) is 77.4 Å². The molecule has 9 nitrogen and oxygen atoms in total. The van der Waals surface area contributed by atoms with Crippen molar-refractivity contribution in [1.29, 1.82) is 0 Å². The van der Waals surface area contributed by atoms with Gasteiger partial charge in [0.25, 0.3) is 5.89 Å². The minimum absolute atomic E-state index is 0.0634. The van der Waals surface area contributed by atoms with Gasteiger partial charge in [0.2, 0.25) is 5.82 Å². The maximum absolute atomic E-state index is 17.0. The second-order valence-electron chi connectivity index (χ2n) is 11.1. The lowest BCUT2D eigenvalue weighted by Gasteiger charge is -2.36. The number of aromatic amines is 1. The third-order valence-electron chi connectivity index (χ3n) is 8.37. The number of alkyl halides is 1. The Hall–Kier alpha value is -3.14. The second-order valence-corrected chi connectivity index (χ2v) is 11.5. The molecule has 1 N–H and O–H groups in total. The molecule has 2 unspecified atom stereocenters. The van der Waals surface area contributed by atoms with E-state index in [0.29, 0.717) is 58.1 Å². The van der Waals surface area contributed by atoms with Gasteiger partial charge in [-0.15, -0.1) is 5.10 Å². The first kappa shape index (κ1) is 25.2. The number of rotatable bonds is 5. The fourth-order valence-electron chi connectivity index (χ4n) is 6.10. The van der Waals surface area contributed by atoms with Crippen LogP contribution in [0.1, 0.15) is 71.0 Å². The number of hydrogen-bond donors (Lipinski definition) is 1. The summed E-state index contributed by atoms with van der Waals surface area (Å²) in [5.41, 5.74) is 0.534. The highest BCUT2D eigenvalue weighted by molar-refractivity contribution is 6.30. The Balaban J connectivity index is 1.61. The summed E-state index contributed by atoms with van der Waals surface area (Å²) >= 11 is 6.32. The Morgan fingerprint density at radius 1 is 1.13 bits per heavy atom. The van der Waals surface area contributed by atoms with E-state index < -0.39 is 11.4 Å². The maximum atomic E-state index is 17.0. The molecule has 2 aliphatic rings.